The van der Waals surface area contributed by atoms with Crippen LogP contribution in [-0.2, 0) is 5.75 Å². The van der Waals surface area contributed by atoms with Crippen LogP contribution < -0.4 is 9.47 Å². The second-order valence-electron chi connectivity index (χ2n) is 7.71. The largest absolute Gasteiger partial charge is 0.497 e. The zero-order valence-corrected chi connectivity index (χ0v) is 20.3. The first-order valence-corrected chi connectivity index (χ1v) is 11.9. The van der Waals surface area contributed by atoms with E-state index in [-0.39, 0.29) is 0 Å². The number of benzene rings is 3. The Balaban J connectivity index is 1.44. The summed E-state index contributed by atoms with van der Waals surface area (Å²) in [5, 5.41) is 13.8. The molecule has 3 aromatic carbocycles. The molecule has 0 bridgehead atoms. The minimum absolute atomic E-state index is 0.429. The molecule has 2 aromatic heterocycles. The molecule has 0 aliphatic heterocycles. The Morgan fingerprint density at radius 1 is 0.914 bits per heavy atom. The number of hydrogen-bond donors (Lipinski definition) is 0. The van der Waals surface area contributed by atoms with Crippen LogP contribution in [0.3, 0.4) is 0 Å². The first-order valence-electron chi connectivity index (χ1n) is 10.9. The first-order chi connectivity index (χ1) is 17.2. The molecule has 0 spiro atoms. The Hall–Kier alpha value is -4.11. The lowest BCUT2D eigenvalue weighted by Crippen LogP contribution is -2.00. The molecule has 2 heterocycles. The monoisotopic (exact) mass is 485 g/mol. The van der Waals surface area contributed by atoms with E-state index in [4.69, 9.17) is 14.0 Å². The molecule has 0 saturated carbocycles. The number of rotatable bonds is 8. The highest BCUT2D eigenvalue weighted by Crippen LogP contribution is 2.33. The maximum absolute atomic E-state index is 5.53. The predicted octanol–water partition coefficient (Wildman–Crippen LogP) is 5.60. The average Bonchev–Trinajstić information content (AvgIpc) is 3.55. The second kappa shape index (κ2) is 10.0. The summed E-state index contributed by atoms with van der Waals surface area (Å²) in [5.74, 6) is 3.41. The molecule has 0 aliphatic rings. The van der Waals surface area contributed by atoms with E-state index in [2.05, 4.69) is 51.5 Å². The van der Waals surface area contributed by atoms with E-state index >= 15 is 0 Å². The average molecular weight is 486 g/mol. The van der Waals surface area contributed by atoms with Crippen molar-refractivity contribution < 1.29 is 14.0 Å². The van der Waals surface area contributed by atoms with E-state index in [0.29, 0.717) is 34.5 Å². The van der Waals surface area contributed by atoms with Crippen LogP contribution in [-0.4, -0.2) is 39.1 Å². The van der Waals surface area contributed by atoms with Crippen LogP contribution in [0.25, 0.3) is 28.5 Å². The molecule has 5 rings (SSSR count). The van der Waals surface area contributed by atoms with Gasteiger partial charge in [-0.25, -0.2) is 0 Å². The molecule has 0 radical (unpaired) electrons. The SMILES string of the molecule is COc1ccc(OC)c(-c2noc(CSc3nnc(-c4ccccc4)n3-c3ccc(C)cc3)n2)c1. The highest BCUT2D eigenvalue weighted by Gasteiger charge is 2.19. The van der Waals surface area contributed by atoms with Gasteiger partial charge in [0, 0.05) is 11.3 Å². The van der Waals surface area contributed by atoms with E-state index in [1.807, 2.05) is 53.1 Å². The standard InChI is InChI=1S/C26H23N5O3S/c1-17-9-11-19(12-10-17)31-25(18-7-5-4-6-8-18)28-29-26(31)35-16-23-27-24(30-34-23)21-15-20(32-2)13-14-22(21)33-3/h4-15H,16H2,1-3H3. The molecule has 0 fully saturated rings. The number of aryl methyl sites for hydroxylation is 1. The number of methoxy groups -OCH3 is 2. The molecule has 0 N–H and O–H groups in total. The highest BCUT2D eigenvalue weighted by molar-refractivity contribution is 7.98. The van der Waals surface area contributed by atoms with Crippen molar-refractivity contribution in [1.82, 2.24) is 24.9 Å². The summed E-state index contributed by atoms with van der Waals surface area (Å²) in [5.41, 5.74) is 3.84. The van der Waals surface area contributed by atoms with Crippen molar-refractivity contribution in [3.63, 3.8) is 0 Å². The Bertz CT molecular complexity index is 1430. The van der Waals surface area contributed by atoms with E-state index in [1.54, 1.807) is 14.2 Å². The van der Waals surface area contributed by atoms with Gasteiger partial charge >= 0.3 is 0 Å². The molecule has 0 aliphatic carbocycles. The summed E-state index contributed by atoms with van der Waals surface area (Å²) < 4.78 is 18.4. The van der Waals surface area contributed by atoms with Gasteiger partial charge in [0.05, 0.1) is 25.5 Å². The van der Waals surface area contributed by atoms with Gasteiger partial charge in [0.25, 0.3) is 0 Å². The molecular formula is C26H23N5O3S. The van der Waals surface area contributed by atoms with E-state index in [1.165, 1.54) is 17.3 Å². The molecule has 0 unspecified atom stereocenters. The molecule has 5 aromatic rings. The first kappa shape index (κ1) is 22.7. The van der Waals surface area contributed by atoms with Gasteiger partial charge in [-0.2, -0.15) is 4.98 Å². The molecule has 0 saturated heterocycles. The van der Waals surface area contributed by atoms with Crippen LogP contribution in [0, 0.1) is 6.92 Å². The third-order valence-electron chi connectivity index (χ3n) is 5.40. The third-order valence-corrected chi connectivity index (χ3v) is 6.31. The summed E-state index contributed by atoms with van der Waals surface area (Å²) in [6, 6.07) is 23.7. The Labute approximate surface area is 206 Å². The lowest BCUT2D eigenvalue weighted by Gasteiger charge is -2.10. The zero-order valence-electron chi connectivity index (χ0n) is 19.5. The van der Waals surface area contributed by atoms with E-state index in [0.717, 1.165) is 22.2 Å². The zero-order chi connectivity index (χ0) is 24.2. The smallest absolute Gasteiger partial charge is 0.237 e. The van der Waals surface area contributed by atoms with Crippen LogP contribution in [0.1, 0.15) is 11.5 Å². The minimum atomic E-state index is 0.429. The van der Waals surface area contributed by atoms with Crippen LogP contribution in [0.2, 0.25) is 0 Å². The highest BCUT2D eigenvalue weighted by atomic mass is 32.2. The predicted molar refractivity (Wildman–Crippen MR) is 134 cm³/mol. The van der Waals surface area contributed by atoms with Gasteiger partial charge in [0.2, 0.25) is 11.7 Å². The van der Waals surface area contributed by atoms with Gasteiger partial charge in [0.15, 0.2) is 11.0 Å². The summed E-state index contributed by atoms with van der Waals surface area (Å²) in [6.07, 6.45) is 0. The van der Waals surface area contributed by atoms with Gasteiger partial charge in [-0.3, -0.25) is 4.57 Å². The maximum Gasteiger partial charge on any atom is 0.237 e. The van der Waals surface area contributed by atoms with E-state index in [9.17, 15) is 0 Å². The summed E-state index contributed by atoms with van der Waals surface area (Å²) in [6.45, 7) is 2.06. The van der Waals surface area contributed by atoms with Gasteiger partial charge in [0.1, 0.15) is 11.5 Å². The number of thioether (sulfide) groups is 1. The van der Waals surface area contributed by atoms with Crippen molar-refractivity contribution in [3.05, 3.63) is 84.3 Å². The number of hydrogen-bond acceptors (Lipinski definition) is 8. The van der Waals surface area contributed by atoms with Crippen LogP contribution in [0.5, 0.6) is 11.5 Å². The van der Waals surface area contributed by atoms with Crippen LogP contribution >= 0.6 is 11.8 Å². The van der Waals surface area contributed by atoms with Gasteiger partial charge in [-0.1, -0.05) is 64.9 Å². The fraction of sp³-hybridized carbons (Fsp3) is 0.154. The Kier molecular flexibility index (Phi) is 6.49. The van der Waals surface area contributed by atoms with Crippen molar-refractivity contribution in [3.8, 4) is 40.0 Å². The summed E-state index contributed by atoms with van der Waals surface area (Å²) in [4.78, 5) is 4.57. The summed E-state index contributed by atoms with van der Waals surface area (Å²) >= 11 is 1.48. The number of aromatic nitrogens is 5. The maximum atomic E-state index is 5.53. The fourth-order valence-electron chi connectivity index (χ4n) is 3.60. The van der Waals surface area contributed by atoms with Gasteiger partial charge in [-0.05, 0) is 37.3 Å². The van der Waals surface area contributed by atoms with E-state index < -0.39 is 0 Å². The van der Waals surface area contributed by atoms with Gasteiger partial charge in [-0.15, -0.1) is 10.2 Å². The quantitative estimate of drug-likeness (QED) is 0.262. The normalized spacial score (nSPS) is 10.9. The van der Waals surface area contributed by atoms with Crippen molar-refractivity contribution in [2.24, 2.45) is 0 Å². The summed E-state index contributed by atoms with van der Waals surface area (Å²) in [7, 11) is 3.21. The van der Waals surface area contributed by atoms with Crippen molar-refractivity contribution >= 4 is 11.8 Å². The lowest BCUT2D eigenvalue weighted by atomic mass is 10.2. The van der Waals surface area contributed by atoms with Crippen LogP contribution in [0.15, 0.2) is 82.5 Å². The molecule has 8 nitrogen and oxygen atoms in total. The number of ether oxygens (including phenoxy) is 2. The molecule has 35 heavy (non-hydrogen) atoms. The molecule has 176 valence electrons. The molecule has 0 atom stereocenters. The number of nitrogens with zero attached hydrogens (tertiary/aromatic N) is 5. The van der Waals surface area contributed by atoms with Crippen molar-refractivity contribution in [1.29, 1.82) is 0 Å². The fourth-order valence-corrected chi connectivity index (χ4v) is 4.39. The van der Waals surface area contributed by atoms with Crippen molar-refractivity contribution in [2.75, 3.05) is 14.2 Å². The minimum Gasteiger partial charge on any atom is -0.497 e. The van der Waals surface area contributed by atoms with Crippen molar-refractivity contribution in [2.45, 2.75) is 17.8 Å². The van der Waals surface area contributed by atoms with Crippen LogP contribution in [0.4, 0.5) is 0 Å². The molecule has 9 heteroatoms. The Morgan fingerprint density at radius 3 is 2.46 bits per heavy atom. The Morgan fingerprint density at radius 2 is 1.71 bits per heavy atom. The second-order valence-corrected chi connectivity index (χ2v) is 8.65. The van der Waals surface area contributed by atoms with Gasteiger partial charge < -0.3 is 14.0 Å². The lowest BCUT2D eigenvalue weighted by molar-refractivity contribution is 0.389. The third kappa shape index (κ3) is 4.76. The molecular weight excluding hydrogens is 462 g/mol. The topological polar surface area (TPSA) is 88.1 Å². The molecule has 0 amide bonds.